The SMILES string of the molecule is CCNC(=O)[C@@H](CC)N(CCc1ccccc1)C(=O)CN(c1cc(C)ccc1OC)S(=O)(=O)c1ccc(C)cc1. The number of hydrogen-bond acceptors (Lipinski definition) is 5. The summed E-state index contributed by atoms with van der Waals surface area (Å²) in [6.45, 7) is 7.55. The van der Waals surface area contributed by atoms with Gasteiger partial charge in [-0.1, -0.05) is 61.0 Å². The molecule has 0 bridgehead atoms. The molecule has 0 aromatic heterocycles. The molecule has 0 unspecified atom stereocenters. The summed E-state index contributed by atoms with van der Waals surface area (Å²) in [5.74, 6) is -0.429. The molecule has 8 nitrogen and oxygen atoms in total. The Hall–Kier alpha value is -3.85. The van der Waals surface area contributed by atoms with Gasteiger partial charge in [0, 0.05) is 13.1 Å². The van der Waals surface area contributed by atoms with E-state index in [1.807, 2.05) is 64.1 Å². The van der Waals surface area contributed by atoms with Crippen molar-refractivity contribution in [1.82, 2.24) is 10.2 Å². The number of carbonyl (C=O) groups excluding carboxylic acids is 2. The zero-order valence-electron chi connectivity index (χ0n) is 23.9. The molecule has 0 spiro atoms. The number of aryl methyl sites for hydroxylation is 2. The molecule has 40 heavy (non-hydrogen) atoms. The predicted octanol–water partition coefficient (Wildman–Crippen LogP) is 4.49. The van der Waals surface area contributed by atoms with Gasteiger partial charge in [0.15, 0.2) is 0 Å². The molecule has 0 radical (unpaired) electrons. The number of likely N-dealkylation sites (N-methyl/N-ethyl adjacent to an activating group) is 1. The van der Waals surface area contributed by atoms with E-state index in [1.54, 1.807) is 24.3 Å². The van der Waals surface area contributed by atoms with Crippen molar-refractivity contribution in [2.75, 3.05) is 31.0 Å². The highest BCUT2D eigenvalue weighted by Crippen LogP contribution is 2.33. The average molecular weight is 566 g/mol. The van der Waals surface area contributed by atoms with Gasteiger partial charge in [-0.15, -0.1) is 0 Å². The van der Waals surface area contributed by atoms with Crippen molar-refractivity contribution in [3.05, 3.63) is 89.5 Å². The van der Waals surface area contributed by atoms with Gasteiger partial charge < -0.3 is 15.0 Å². The summed E-state index contributed by atoms with van der Waals surface area (Å²) in [6, 6.07) is 20.6. The van der Waals surface area contributed by atoms with Crippen LogP contribution in [-0.2, 0) is 26.0 Å². The number of sulfonamides is 1. The van der Waals surface area contributed by atoms with Gasteiger partial charge in [-0.3, -0.25) is 13.9 Å². The second-order valence-electron chi connectivity index (χ2n) is 9.64. The van der Waals surface area contributed by atoms with Crippen molar-refractivity contribution in [3.63, 3.8) is 0 Å². The normalized spacial score (nSPS) is 11.9. The Bertz CT molecular complexity index is 1390. The molecule has 0 aliphatic rings. The Morgan fingerprint density at radius 3 is 2.17 bits per heavy atom. The van der Waals surface area contributed by atoms with Crippen molar-refractivity contribution >= 4 is 27.5 Å². The van der Waals surface area contributed by atoms with Crippen LogP contribution in [0.15, 0.2) is 77.7 Å². The quantitative estimate of drug-likeness (QED) is 0.329. The molecule has 0 saturated heterocycles. The van der Waals surface area contributed by atoms with E-state index in [0.29, 0.717) is 25.1 Å². The summed E-state index contributed by atoms with van der Waals surface area (Å²) in [5.41, 5.74) is 2.98. The van der Waals surface area contributed by atoms with Crippen LogP contribution in [0, 0.1) is 13.8 Å². The second kappa shape index (κ2) is 14.0. The van der Waals surface area contributed by atoms with Crippen LogP contribution < -0.4 is 14.4 Å². The Morgan fingerprint density at radius 1 is 0.925 bits per heavy atom. The van der Waals surface area contributed by atoms with E-state index in [0.717, 1.165) is 21.0 Å². The van der Waals surface area contributed by atoms with Gasteiger partial charge >= 0.3 is 0 Å². The standard InChI is InChI=1S/C31H39N3O5S/c1-6-27(31(36)32-7-2)33(20-19-25-11-9-8-10-12-25)30(35)22-34(28-21-24(4)15-18-29(28)39-5)40(37,38)26-16-13-23(3)14-17-26/h8-18,21,27H,6-7,19-20,22H2,1-5H3,(H,32,36)/t27-/m1/s1. The van der Waals surface area contributed by atoms with Crippen LogP contribution in [0.1, 0.15) is 37.0 Å². The molecule has 9 heteroatoms. The Kier molecular flexibility index (Phi) is 10.7. The number of hydrogen-bond donors (Lipinski definition) is 1. The third-order valence-corrected chi connectivity index (χ3v) is 8.49. The molecular formula is C31H39N3O5S. The largest absolute Gasteiger partial charge is 0.495 e. The van der Waals surface area contributed by atoms with Gasteiger partial charge in [0.1, 0.15) is 18.3 Å². The summed E-state index contributed by atoms with van der Waals surface area (Å²) >= 11 is 0. The lowest BCUT2D eigenvalue weighted by molar-refractivity contribution is -0.139. The second-order valence-corrected chi connectivity index (χ2v) is 11.5. The summed E-state index contributed by atoms with van der Waals surface area (Å²) in [6.07, 6.45) is 0.895. The lowest BCUT2D eigenvalue weighted by atomic mass is 10.1. The minimum Gasteiger partial charge on any atom is -0.495 e. The van der Waals surface area contributed by atoms with Crippen LogP contribution in [0.4, 0.5) is 5.69 Å². The minimum absolute atomic E-state index is 0.0565. The monoisotopic (exact) mass is 565 g/mol. The fourth-order valence-electron chi connectivity index (χ4n) is 4.53. The maximum atomic E-state index is 14.1. The van der Waals surface area contributed by atoms with Gasteiger partial charge in [0.25, 0.3) is 10.0 Å². The molecule has 0 aliphatic heterocycles. The van der Waals surface area contributed by atoms with Crippen LogP contribution >= 0.6 is 0 Å². The van der Waals surface area contributed by atoms with E-state index in [2.05, 4.69) is 5.32 Å². The van der Waals surface area contributed by atoms with Gasteiger partial charge in [-0.2, -0.15) is 0 Å². The summed E-state index contributed by atoms with van der Waals surface area (Å²) in [7, 11) is -2.71. The number of benzene rings is 3. The maximum absolute atomic E-state index is 14.1. The van der Waals surface area contributed by atoms with E-state index in [4.69, 9.17) is 4.74 Å². The first-order valence-corrected chi connectivity index (χ1v) is 14.9. The van der Waals surface area contributed by atoms with E-state index >= 15 is 0 Å². The predicted molar refractivity (Wildman–Crippen MR) is 158 cm³/mol. The van der Waals surface area contributed by atoms with Crippen LogP contribution in [0.3, 0.4) is 0 Å². The topological polar surface area (TPSA) is 96.0 Å². The van der Waals surface area contributed by atoms with Crippen molar-refractivity contribution < 1.29 is 22.7 Å². The summed E-state index contributed by atoms with van der Waals surface area (Å²) in [4.78, 5) is 28.7. The highest BCUT2D eigenvalue weighted by Gasteiger charge is 2.34. The van der Waals surface area contributed by atoms with E-state index in [1.165, 1.54) is 24.1 Å². The average Bonchev–Trinajstić information content (AvgIpc) is 2.94. The van der Waals surface area contributed by atoms with E-state index in [-0.39, 0.29) is 23.0 Å². The highest BCUT2D eigenvalue weighted by molar-refractivity contribution is 7.92. The minimum atomic E-state index is -4.17. The Morgan fingerprint density at radius 2 is 1.57 bits per heavy atom. The molecule has 0 aliphatic carbocycles. The molecule has 1 N–H and O–H groups in total. The molecule has 0 fully saturated rings. The lowest BCUT2D eigenvalue weighted by Gasteiger charge is -2.33. The Labute approximate surface area is 238 Å². The zero-order valence-corrected chi connectivity index (χ0v) is 24.7. The first-order valence-electron chi connectivity index (χ1n) is 13.5. The van der Waals surface area contributed by atoms with Gasteiger partial charge in [-0.25, -0.2) is 8.42 Å². The summed E-state index contributed by atoms with van der Waals surface area (Å²) in [5, 5.41) is 2.82. The molecule has 214 valence electrons. The third kappa shape index (κ3) is 7.41. The molecule has 0 saturated carbocycles. The molecule has 1 atom stereocenters. The maximum Gasteiger partial charge on any atom is 0.264 e. The lowest BCUT2D eigenvalue weighted by Crippen LogP contribution is -2.53. The molecule has 2 amide bonds. The number of rotatable bonds is 13. The van der Waals surface area contributed by atoms with Crippen LogP contribution in [-0.4, -0.2) is 57.9 Å². The van der Waals surface area contributed by atoms with Crippen LogP contribution in [0.5, 0.6) is 5.75 Å². The number of carbonyl (C=O) groups is 2. The first-order chi connectivity index (χ1) is 19.1. The summed E-state index contributed by atoms with van der Waals surface area (Å²) < 4.78 is 34.7. The zero-order chi connectivity index (χ0) is 29.3. The number of nitrogens with one attached hydrogen (secondary N) is 1. The Balaban J connectivity index is 2.07. The number of amides is 2. The molecule has 3 aromatic carbocycles. The fraction of sp³-hybridized carbons (Fsp3) is 0.355. The molecule has 3 aromatic rings. The third-order valence-electron chi connectivity index (χ3n) is 6.71. The van der Waals surface area contributed by atoms with Gasteiger partial charge in [0.2, 0.25) is 11.8 Å². The smallest absolute Gasteiger partial charge is 0.264 e. The van der Waals surface area contributed by atoms with E-state index in [9.17, 15) is 18.0 Å². The molecule has 3 rings (SSSR count). The van der Waals surface area contributed by atoms with Gasteiger partial charge in [0.05, 0.1) is 17.7 Å². The van der Waals surface area contributed by atoms with Crippen molar-refractivity contribution in [1.29, 1.82) is 0 Å². The number of ether oxygens (including phenoxy) is 1. The number of anilines is 1. The fourth-order valence-corrected chi connectivity index (χ4v) is 5.95. The number of methoxy groups -OCH3 is 1. The van der Waals surface area contributed by atoms with Crippen LogP contribution in [0.2, 0.25) is 0 Å². The van der Waals surface area contributed by atoms with Gasteiger partial charge in [-0.05, 0) is 69.0 Å². The molecule has 0 heterocycles. The van der Waals surface area contributed by atoms with Crippen molar-refractivity contribution in [2.45, 2.75) is 51.5 Å². The van der Waals surface area contributed by atoms with Crippen molar-refractivity contribution in [3.8, 4) is 5.75 Å². The first kappa shape index (κ1) is 30.7. The molecular weight excluding hydrogens is 526 g/mol. The van der Waals surface area contributed by atoms with E-state index < -0.39 is 28.5 Å². The number of nitrogens with zero attached hydrogens (tertiary/aromatic N) is 2. The highest BCUT2D eigenvalue weighted by atomic mass is 32.2. The van der Waals surface area contributed by atoms with Crippen molar-refractivity contribution in [2.24, 2.45) is 0 Å². The van der Waals surface area contributed by atoms with Crippen LogP contribution in [0.25, 0.3) is 0 Å².